The molecule has 0 fully saturated rings. The number of carboxylic acid groups (broad SMARTS) is 1. The molecule has 0 spiro atoms. The summed E-state index contributed by atoms with van der Waals surface area (Å²) in [6.07, 6.45) is 3.98. The average molecular weight is 466 g/mol. The third-order valence-corrected chi connectivity index (χ3v) is 6.95. The molecule has 178 valence electrons. The van der Waals surface area contributed by atoms with Gasteiger partial charge >= 0.3 is 5.97 Å². The minimum atomic E-state index is -0.890. The van der Waals surface area contributed by atoms with Crippen molar-refractivity contribution < 1.29 is 14.6 Å². The van der Waals surface area contributed by atoms with Crippen LogP contribution in [0.4, 0.5) is 0 Å². The molecular weight excluding hydrogens is 434 g/mol. The molecule has 35 heavy (non-hydrogen) atoms. The van der Waals surface area contributed by atoms with E-state index >= 15 is 0 Å². The van der Waals surface area contributed by atoms with E-state index in [2.05, 4.69) is 53.8 Å². The summed E-state index contributed by atoms with van der Waals surface area (Å²) >= 11 is 0. The fourth-order valence-electron chi connectivity index (χ4n) is 5.19. The van der Waals surface area contributed by atoms with Crippen molar-refractivity contribution in [2.45, 2.75) is 37.7 Å². The van der Waals surface area contributed by atoms with Crippen LogP contribution < -0.4 is 10.1 Å². The zero-order valence-electron chi connectivity index (χ0n) is 19.8. The van der Waals surface area contributed by atoms with Crippen LogP contribution in [-0.4, -0.2) is 30.3 Å². The van der Waals surface area contributed by atoms with Gasteiger partial charge in [0.2, 0.25) is 0 Å². The summed E-state index contributed by atoms with van der Waals surface area (Å²) in [5.41, 5.74) is 3.89. The molecule has 0 radical (unpaired) electrons. The van der Waals surface area contributed by atoms with E-state index in [1.165, 1.54) is 16.3 Å². The van der Waals surface area contributed by atoms with Crippen molar-refractivity contribution in [3.63, 3.8) is 0 Å². The van der Waals surface area contributed by atoms with Gasteiger partial charge in [-0.1, -0.05) is 72.8 Å². The van der Waals surface area contributed by atoms with Crippen molar-refractivity contribution in [2.24, 2.45) is 0 Å². The van der Waals surface area contributed by atoms with E-state index in [1.54, 1.807) is 12.1 Å². The van der Waals surface area contributed by atoms with E-state index in [0.717, 1.165) is 55.6 Å². The number of hydrogen-bond donors (Lipinski definition) is 2. The molecule has 0 amide bonds. The lowest BCUT2D eigenvalue weighted by atomic mass is 9.83. The SMILES string of the molecule is O=C(O)c1cccc(C2CC(CCCNCCc3cccc4ccccc34)Oc3ccccc32)c1. The molecule has 2 atom stereocenters. The van der Waals surface area contributed by atoms with Gasteiger partial charge < -0.3 is 15.2 Å². The Morgan fingerprint density at radius 3 is 2.63 bits per heavy atom. The number of nitrogens with one attached hydrogen (secondary N) is 1. The number of ether oxygens (including phenoxy) is 1. The summed E-state index contributed by atoms with van der Waals surface area (Å²) in [5.74, 6) is 0.167. The molecule has 2 unspecified atom stereocenters. The summed E-state index contributed by atoms with van der Waals surface area (Å²) in [7, 11) is 0. The van der Waals surface area contributed by atoms with Crippen LogP contribution in [-0.2, 0) is 6.42 Å². The summed E-state index contributed by atoms with van der Waals surface area (Å²) in [4.78, 5) is 11.5. The van der Waals surface area contributed by atoms with Crippen molar-refractivity contribution in [2.75, 3.05) is 13.1 Å². The number of para-hydroxylation sites is 1. The van der Waals surface area contributed by atoms with E-state index < -0.39 is 5.97 Å². The van der Waals surface area contributed by atoms with Gasteiger partial charge in [-0.25, -0.2) is 4.79 Å². The maximum Gasteiger partial charge on any atom is 0.335 e. The molecular formula is C31H31NO3. The van der Waals surface area contributed by atoms with Crippen LogP contribution in [0.1, 0.15) is 52.2 Å². The summed E-state index contributed by atoms with van der Waals surface area (Å²) in [6, 6.07) is 30.6. The van der Waals surface area contributed by atoms with Crippen molar-refractivity contribution in [1.82, 2.24) is 5.32 Å². The second-order valence-electron chi connectivity index (χ2n) is 9.28. The number of carboxylic acids is 1. The van der Waals surface area contributed by atoms with Crippen LogP contribution in [0.2, 0.25) is 0 Å². The Morgan fingerprint density at radius 2 is 1.71 bits per heavy atom. The molecule has 0 saturated heterocycles. The second-order valence-corrected chi connectivity index (χ2v) is 9.28. The molecule has 4 heteroatoms. The van der Waals surface area contributed by atoms with Crippen LogP contribution in [0.5, 0.6) is 5.75 Å². The number of aromatic carboxylic acids is 1. The molecule has 0 bridgehead atoms. The molecule has 1 heterocycles. The molecule has 0 saturated carbocycles. The zero-order valence-corrected chi connectivity index (χ0v) is 19.8. The Kier molecular flexibility index (Phi) is 7.10. The van der Waals surface area contributed by atoms with Crippen molar-refractivity contribution >= 4 is 16.7 Å². The maximum absolute atomic E-state index is 11.5. The number of carbonyl (C=O) groups is 1. The number of fused-ring (bicyclic) bond motifs is 2. The first kappa shape index (κ1) is 23.1. The predicted octanol–water partition coefficient (Wildman–Crippen LogP) is 6.43. The van der Waals surface area contributed by atoms with Crippen molar-refractivity contribution in [3.05, 3.63) is 113 Å². The third-order valence-electron chi connectivity index (χ3n) is 6.95. The molecule has 0 aliphatic carbocycles. The Balaban J connectivity index is 1.17. The first-order chi connectivity index (χ1) is 17.2. The lowest BCUT2D eigenvalue weighted by molar-refractivity contribution is 0.0696. The Morgan fingerprint density at radius 1 is 0.914 bits per heavy atom. The minimum absolute atomic E-state index is 0.114. The fraction of sp³-hybridized carbons (Fsp3) is 0.258. The monoisotopic (exact) mass is 465 g/mol. The van der Waals surface area contributed by atoms with Gasteiger partial charge in [0.15, 0.2) is 0 Å². The van der Waals surface area contributed by atoms with Gasteiger partial charge in [0.1, 0.15) is 5.75 Å². The average Bonchev–Trinajstić information content (AvgIpc) is 2.90. The first-order valence-electron chi connectivity index (χ1n) is 12.5. The van der Waals surface area contributed by atoms with Crippen molar-refractivity contribution in [1.29, 1.82) is 0 Å². The van der Waals surface area contributed by atoms with Crippen LogP contribution in [0.15, 0.2) is 91.0 Å². The summed E-state index contributed by atoms with van der Waals surface area (Å²) < 4.78 is 6.34. The standard InChI is InChI=1S/C31H31NO3/c33-31(34)25-12-6-11-24(20-25)29-21-26(35-30-16-4-3-15-28(29)30)13-7-18-32-19-17-23-10-5-9-22-8-1-2-14-27(22)23/h1-6,8-12,14-16,20,26,29,32H,7,13,17-19,21H2,(H,33,34). The summed E-state index contributed by atoms with van der Waals surface area (Å²) in [6.45, 7) is 1.90. The highest BCUT2D eigenvalue weighted by Gasteiger charge is 2.29. The second kappa shape index (κ2) is 10.7. The van der Waals surface area contributed by atoms with Gasteiger partial charge in [0.25, 0.3) is 0 Å². The van der Waals surface area contributed by atoms with Gasteiger partial charge in [-0.3, -0.25) is 0 Å². The third kappa shape index (κ3) is 5.39. The number of benzene rings is 4. The van der Waals surface area contributed by atoms with Gasteiger partial charge in [-0.15, -0.1) is 0 Å². The van der Waals surface area contributed by atoms with E-state index in [9.17, 15) is 9.90 Å². The molecule has 1 aliphatic rings. The minimum Gasteiger partial charge on any atom is -0.490 e. The lowest BCUT2D eigenvalue weighted by Gasteiger charge is -2.33. The van der Waals surface area contributed by atoms with Gasteiger partial charge in [0.05, 0.1) is 11.7 Å². The molecule has 2 N–H and O–H groups in total. The van der Waals surface area contributed by atoms with E-state index in [1.807, 2.05) is 30.3 Å². The zero-order chi connectivity index (χ0) is 24.0. The van der Waals surface area contributed by atoms with E-state index in [0.29, 0.717) is 5.56 Å². The van der Waals surface area contributed by atoms with Crippen LogP contribution in [0.25, 0.3) is 10.8 Å². The smallest absolute Gasteiger partial charge is 0.335 e. The highest BCUT2D eigenvalue weighted by Crippen LogP contribution is 2.41. The topological polar surface area (TPSA) is 58.6 Å². The summed E-state index contributed by atoms with van der Waals surface area (Å²) in [5, 5.41) is 15.7. The van der Waals surface area contributed by atoms with Crippen LogP contribution >= 0.6 is 0 Å². The number of hydrogen-bond acceptors (Lipinski definition) is 3. The predicted molar refractivity (Wildman–Crippen MR) is 140 cm³/mol. The molecule has 4 nitrogen and oxygen atoms in total. The van der Waals surface area contributed by atoms with Gasteiger partial charge in [-0.2, -0.15) is 0 Å². The van der Waals surface area contributed by atoms with Crippen molar-refractivity contribution in [3.8, 4) is 5.75 Å². The molecule has 1 aliphatic heterocycles. The van der Waals surface area contributed by atoms with Gasteiger partial charge in [-0.05, 0) is 78.9 Å². The lowest BCUT2D eigenvalue weighted by Crippen LogP contribution is -2.28. The Labute approximate surface area is 206 Å². The Hall–Kier alpha value is -3.63. The normalized spacial score (nSPS) is 17.0. The van der Waals surface area contributed by atoms with Crippen LogP contribution in [0.3, 0.4) is 0 Å². The first-order valence-corrected chi connectivity index (χ1v) is 12.5. The fourth-order valence-corrected chi connectivity index (χ4v) is 5.19. The number of rotatable bonds is 9. The quantitative estimate of drug-likeness (QED) is 0.280. The molecule has 4 aromatic carbocycles. The molecule has 5 rings (SSSR count). The highest BCUT2D eigenvalue weighted by atomic mass is 16.5. The van der Waals surface area contributed by atoms with Gasteiger partial charge in [0, 0.05) is 11.5 Å². The molecule has 0 aromatic heterocycles. The Bertz CT molecular complexity index is 1310. The largest absolute Gasteiger partial charge is 0.490 e. The molecule has 4 aromatic rings. The van der Waals surface area contributed by atoms with Crippen LogP contribution in [0, 0.1) is 0 Å². The maximum atomic E-state index is 11.5. The highest BCUT2D eigenvalue weighted by molar-refractivity contribution is 5.88. The van der Waals surface area contributed by atoms with E-state index in [4.69, 9.17) is 4.74 Å². The van der Waals surface area contributed by atoms with E-state index in [-0.39, 0.29) is 12.0 Å².